The highest BCUT2D eigenvalue weighted by molar-refractivity contribution is 5.70. The zero-order valence-corrected chi connectivity index (χ0v) is 9.29. The number of nitrogens with one attached hydrogen (secondary N) is 1. The molecule has 0 spiro atoms. The summed E-state index contributed by atoms with van der Waals surface area (Å²) in [5, 5.41) is 22.5. The van der Waals surface area contributed by atoms with E-state index in [0.717, 1.165) is 11.1 Å². The lowest BCUT2D eigenvalue weighted by atomic mass is 9.99. The average Bonchev–Trinajstić information content (AvgIpc) is 2.82. The number of aromatic amines is 1. The monoisotopic (exact) mass is 232 g/mol. The second-order valence-electron chi connectivity index (χ2n) is 3.88. The Bertz CT molecular complexity index is 510. The standard InChI is InChI=1S/C11H12N4O2/c1-7(11(16)17)5-8-3-2-4-9(6-8)10-12-14-15-13-10/h2-4,6-7H,5H2,1H3,(H,16,17)(H,12,13,14,15). The number of rotatable bonds is 4. The molecule has 6 heteroatoms. The van der Waals surface area contributed by atoms with Crippen molar-refractivity contribution in [2.75, 3.05) is 0 Å². The minimum atomic E-state index is -0.796. The number of nitrogens with zero attached hydrogens (tertiary/aromatic N) is 3. The second kappa shape index (κ2) is 4.73. The molecule has 2 aromatic rings. The zero-order valence-electron chi connectivity index (χ0n) is 9.29. The predicted octanol–water partition coefficient (Wildman–Crippen LogP) is 1.13. The number of benzene rings is 1. The van der Waals surface area contributed by atoms with E-state index in [1.807, 2.05) is 24.3 Å². The van der Waals surface area contributed by atoms with E-state index >= 15 is 0 Å². The molecule has 1 heterocycles. The number of H-pyrrole nitrogens is 1. The third-order valence-corrected chi connectivity index (χ3v) is 2.49. The minimum Gasteiger partial charge on any atom is -0.481 e. The van der Waals surface area contributed by atoms with E-state index in [2.05, 4.69) is 20.6 Å². The molecule has 0 bridgehead atoms. The van der Waals surface area contributed by atoms with Gasteiger partial charge in [0.1, 0.15) is 0 Å². The van der Waals surface area contributed by atoms with Crippen molar-refractivity contribution in [1.29, 1.82) is 0 Å². The van der Waals surface area contributed by atoms with E-state index in [0.29, 0.717) is 12.2 Å². The fourth-order valence-corrected chi connectivity index (χ4v) is 1.56. The Morgan fingerprint density at radius 3 is 3.00 bits per heavy atom. The van der Waals surface area contributed by atoms with Crippen LogP contribution in [0.5, 0.6) is 0 Å². The molecule has 0 saturated heterocycles. The quantitative estimate of drug-likeness (QED) is 0.824. The Kier molecular flexibility index (Phi) is 3.13. The van der Waals surface area contributed by atoms with E-state index in [1.54, 1.807) is 6.92 Å². The summed E-state index contributed by atoms with van der Waals surface area (Å²) in [4.78, 5) is 10.8. The number of hydrogen-bond acceptors (Lipinski definition) is 4. The predicted molar refractivity (Wildman–Crippen MR) is 60.1 cm³/mol. The summed E-state index contributed by atoms with van der Waals surface area (Å²) in [5.74, 6) is -0.694. The van der Waals surface area contributed by atoms with Crippen LogP contribution in [0.15, 0.2) is 24.3 Å². The Labute approximate surface area is 97.7 Å². The van der Waals surface area contributed by atoms with Gasteiger partial charge in [0, 0.05) is 5.56 Å². The first-order chi connectivity index (χ1) is 8.16. The summed E-state index contributed by atoms with van der Waals surface area (Å²) >= 11 is 0. The van der Waals surface area contributed by atoms with Gasteiger partial charge in [-0.25, -0.2) is 0 Å². The van der Waals surface area contributed by atoms with E-state index in [4.69, 9.17) is 5.11 Å². The minimum absolute atomic E-state index is 0.407. The average molecular weight is 232 g/mol. The molecule has 0 aliphatic rings. The molecule has 0 fully saturated rings. The fraction of sp³-hybridized carbons (Fsp3) is 0.273. The van der Waals surface area contributed by atoms with Crippen LogP contribution in [0.25, 0.3) is 11.4 Å². The molecular weight excluding hydrogens is 220 g/mol. The van der Waals surface area contributed by atoms with Crippen molar-refractivity contribution < 1.29 is 9.90 Å². The van der Waals surface area contributed by atoms with E-state index < -0.39 is 11.9 Å². The molecule has 6 nitrogen and oxygen atoms in total. The number of aliphatic carboxylic acids is 1. The van der Waals surface area contributed by atoms with Crippen molar-refractivity contribution >= 4 is 5.97 Å². The zero-order chi connectivity index (χ0) is 12.3. The largest absolute Gasteiger partial charge is 0.481 e. The Morgan fingerprint density at radius 2 is 2.35 bits per heavy atom. The second-order valence-corrected chi connectivity index (χ2v) is 3.88. The molecule has 17 heavy (non-hydrogen) atoms. The van der Waals surface area contributed by atoms with Gasteiger partial charge in [0.15, 0.2) is 0 Å². The van der Waals surface area contributed by atoms with Crippen LogP contribution in [-0.4, -0.2) is 31.7 Å². The highest BCUT2D eigenvalue weighted by Gasteiger charge is 2.12. The van der Waals surface area contributed by atoms with Crippen molar-refractivity contribution in [3.05, 3.63) is 29.8 Å². The van der Waals surface area contributed by atoms with Gasteiger partial charge in [-0.2, -0.15) is 5.21 Å². The maximum atomic E-state index is 10.8. The van der Waals surface area contributed by atoms with Gasteiger partial charge in [-0.15, -0.1) is 10.2 Å². The van der Waals surface area contributed by atoms with Crippen LogP contribution in [0.3, 0.4) is 0 Å². The Balaban J connectivity index is 2.20. The van der Waals surface area contributed by atoms with E-state index in [9.17, 15) is 4.79 Å². The van der Waals surface area contributed by atoms with E-state index in [1.165, 1.54) is 0 Å². The normalized spacial score (nSPS) is 12.3. The molecule has 0 saturated carbocycles. The lowest BCUT2D eigenvalue weighted by molar-refractivity contribution is -0.141. The van der Waals surface area contributed by atoms with Crippen molar-refractivity contribution in [3.63, 3.8) is 0 Å². The molecule has 0 aliphatic heterocycles. The van der Waals surface area contributed by atoms with Gasteiger partial charge >= 0.3 is 5.97 Å². The maximum Gasteiger partial charge on any atom is 0.306 e. The Hall–Kier alpha value is -2.24. The topological polar surface area (TPSA) is 91.8 Å². The van der Waals surface area contributed by atoms with Crippen LogP contribution in [0.4, 0.5) is 0 Å². The third-order valence-electron chi connectivity index (χ3n) is 2.49. The Morgan fingerprint density at radius 1 is 1.53 bits per heavy atom. The summed E-state index contributed by atoms with van der Waals surface area (Å²) in [7, 11) is 0. The van der Waals surface area contributed by atoms with Crippen LogP contribution >= 0.6 is 0 Å². The maximum absolute atomic E-state index is 10.8. The van der Waals surface area contributed by atoms with Crippen LogP contribution in [-0.2, 0) is 11.2 Å². The van der Waals surface area contributed by atoms with Crippen molar-refractivity contribution in [3.8, 4) is 11.4 Å². The van der Waals surface area contributed by atoms with Gasteiger partial charge in [-0.1, -0.05) is 25.1 Å². The smallest absolute Gasteiger partial charge is 0.306 e. The molecular formula is C11H12N4O2. The number of tetrazole rings is 1. The fourth-order valence-electron chi connectivity index (χ4n) is 1.56. The summed E-state index contributed by atoms with van der Waals surface area (Å²) in [6.45, 7) is 1.68. The summed E-state index contributed by atoms with van der Waals surface area (Å²) in [5.41, 5.74) is 1.77. The molecule has 1 atom stereocenters. The van der Waals surface area contributed by atoms with Crippen molar-refractivity contribution in [1.82, 2.24) is 20.6 Å². The number of hydrogen-bond donors (Lipinski definition) is 2. The number of carboxylic acids is 1. The molecule has 1 aromatic carbocycles. The van der Waals surface area contributed by atoms with Gasteiger partial charge in [0.2, 0.25) is 5.82 Å². The first-order valence-corrected chi connectivity index (χ1v) is 5.22. The number of carboxylic acid groups (broad SMARTS) is 1. The third kappa shape index (κ3) is 2.66. The first kappa shape index (κ1) is 11.3. The van der Waals surface area contributed by atoms with Gasteiger partial charge in [-0.3, -0.25) is 4.79 Å². The molecule has 0 aliphatic carbocycles. The highest BCUT2D eigenvalue weighted by atomic mass is 16.4. The van der Waals surface area contributed by atoms with Gasteiger partial charge in [0.05, 0.1) is 5.92 Å². The van der Waals surface area contributed by atoms with Gasteiger partial charge in [0.25, 0.3) is 0 Å². The molecule has 0 radical (unpaired) electrons. The van der Waals surface area contributed by atoms with Crippen LogP contribution in [0, 0.1) is 5.92 Å². The molecule has 2 rings (SSSR count). The van der Waals surface area contributed by atoms with Gasteiger partial charge in [-0.05, 0) is 23.3 Å². The van der Waals surface area contributed by atoms with Crippen LogP contribution < -0.4 is 0 Å². The molecule has 2 N–H and O–H groups in total. The number of aromatic nitrogens is 4. The first-order valence-electron chi connectivity index (χ1n) is 5.22. The lowest BCUT2D eigenvalue weighted by Gasteiger charge is -2.06. The summed E-state index contributed by atoms with van der Waals surface area (Å²) in [6, 6.07) is 7.49. The van der Waals surface area contributed by atoms with Gasteiger partial charge < -0.3 is 5.11 Å². The van der Waals surface area contributed by atoms with Crippen LogP contribution in [0.2, 0.25) is 0 Å². The SMILES string of the molecule is CC(Cc1cccc(-c2nn[nH]n2)c1)C(=O)O. The molecule has 1 aromatic heterocycles. The van der Waals surface area contributed by atoms with Crippen LogP contribution in [0.1, 0.15) is 12.5 Å². The van der Waals surface area contributed by atoms with Crippen molar-refractivity contribution in [2.24, 2.45) is 5.92 Å². The van der Waals surface area contributed by atoms with Crippen molar-refractivity contribution in [2.45, 2.75) is 13.3 Å². The highest BCUT2D eigenvalue weighted by Crippen LogP contribution is 2.17. The summed E-state index contributed by atoms with van der Waals surface area (Å²) < 4.78 is 0. The molecule has 0 amide bonds. The summed E-state index contributed by atoms with van der Waals surface area (Å²) in [6.07, 6.45) is 0.487. The molecule has 1 unspecified atom stereocenters. The lowest BCUT2D eigenvalue weighted by Crippen LogP contribution is -2.12. The molecule has 88 valence electrons. The number of carbonyl (C=O) groups is 1. The van der Waals surface area contributed by atoms with E-state index in [-0.39, 0.29) is 0 Å².